The number of alkyl halides is 3. The maximum absolute atomic E-state index is 12.3. The Hall–Kier alpha value is -1.79. The number of hydrogen-bond acceptors (Lipinski definition) is 3. The molecule has 1 unspecified atom stereocenters. The summed E-state index contributed by atoms with van der Waals surface area (Å²) in [6.07, 6.45) is -3.15. The van der Waals surface area contributed by atoms with Crippen LogP contribution in [0.2, 0.25) is 5.02 Å². The molecule has 2 aromatic rings. The van der Waals surface area contributed by atoms with E-state index in [0.29, 0.717) is 16.3 Å². The lowest BCUT2D eigenvalue weighted by Crippen LogP contribution is -2.20. The average molecular weight is 317 g/mol. The van der Waals surface area contributed by atoms with E-state index in [1.165, 1.54) is 18.2 Å². The lowest BCUT2D eigenvalue weighted by atomic mass is 10.0. The van der Waals surface area contributed by atoms with Crippen molar-refractivity contribution in [1.82, 2.24) is 10.3 Å². The van der Waals surface area contributed by atoms with Crippen LogP contribution in [-0.4, -0.2) is 18.4 Å². The number of benzene rings is 1. The molecule has 21 heavy (non-hydrogen) atoms. The van der Waals surface area contributed by atoms with E-state index < -0.39 is 12.4 Å². The van der Waals surface area contributed by atoms with Gasteiger partial charge in [-0.1, -0.05) is 23.7 Å². The minimum absolute atomic E-state index is 0.285. The first kappa shape index (κ1) is 15.6. The van der Waals surface area contributed by atoms with Crippen molar-refractivity contribution < 1.29 is 17.9 Å². The second-order valence-corrected chi connectivity index (χ2v) is 4.62. The minimum Gasteiger partial charge on any atom is -0.406 e. The highest BCUT2D eigenvalue weighted by molar-refractivity contribution is 6.31. The van der Waals surface area contributed by atoms with Gasteiger partial charge in [0, 0.05) is 6.20 Å². The minimum atomic E-state index is -4.73. The Kier molecular flexibility index (Phi) is 4.69. The highest BCUT2D eigenvalue weighted by Gasteiger charge is 2.31. The van der Waals surface area contributed by atoms with Crippen molar-refractivity contribution in [1.29, 1.82) is 0 Å². The molecule has 0 bridgehead atoms. The van der Waals surface area contributed by atoms with E-state index in [-0.39, 0.29) is 5.75 Å². The molecule has 0 radical (unpaired) electrons. The van der Waals surface area contributed by atoms with Crippen LogP contribution in [0.15, 0.2) is 42.6 Å². The van der Waals surface area contributed by atoms with E-state index in [1.54, 1.807) is 31.4 Å². The molecule has 2 rings (SSSR count). The fraction of sp³-hybridized carbons (Fsp3) is 0.214. The summed E-state index contributed by atoms with van der Waals surface area (Å²) < 4.78 is 40.7. The van der Waals surface area contributed by atoms with Crippen molar-refractivity contribution in [2.75, 3.05) is 7.05 Å². The Morgan fingerprint density at radius 3 is 2.62 bits per heavy atom. The van der Waals surface area contributed by atoms with Gasteiger partial charge in [0.15, 0.2) is 0 Å². The van der Waals surface area contributed by atoms with Gasteiger partial charge in [-0.3, -0.25) is 4.98 Å². The smallest absolute Gasteiger partial charge is 0.406 e. The summed E-state index contributed by atoms with van der Waals surface area (Å²) in [5.74, 6) is -0.285. The van der Waals surface area contributed by atoms with Crippen molar-refractivity contribution in [3.63, 3.8) is 0 Å². The van der Waals surface area contributed by atoms with Crippen LogP contribution in [0, 0.1) is 0 Å². The van der Waals surface area contributed by atoms with Crippen LogP contribution in [-0.2, 0) is 0 Å². The molecule has 0 fully saturated rings. The molecule has 3 nitrogen and oxygen atoms in total. The number of nitrogens with zero attached hydrogens (tertiary/aromatic N) is 1. The fourth-order valence-corrected chi connectivity index (χ4v) is 2.19. The third-order valence-corrected chi connectivity index (χ3v) is 3.09. The van der Waals surface area contributed by atoms with Gasteiger partial charge in [0.2, 0.25) is 0 Å². The van der Waals surface area contributed by atoms with Crippen molar-refractivity contribution in [2.24, 2.45) is 0 Å². The van der Waals surface area contributed by atoms with E-state index in [9.17, 15) is 13.2 Å². The third kappa shape index (κ3) is 4.09. The Balaban J connectivity index is 2.35. The second-order valence-electron chi connectivity index (χ2n) is 4.21. The molecule has 1 heterocycles. The Bertz CT molecular complexity index is 619. The molecule has 0 saturated heterocycles. The predicted octanol–water partition coefficient (Wildman–Crippen LogP) is 3.94. The van der Waals surface area contributed by atoms with Gasteiger partial charge in [-0.2, -0.15) is 0 Å². The molecule has 0 aliphatic heterocycles. The zero-order valence-electron chi connectivity index (χ0n) is 11.0. The summed E-state index contributed by atoms with van der Waals surface area (Å²) in [5.41, 5.74) is 1.10. The number of hydrogen-bond donors (Lipinski definition) is 1. The lowest BCUT2D eigenvalue weighted by Gasteiger charge is -2.18. The Labute approximate surface area is 124 Å². The van der Waals surface area contributed by atoms with Gasteiger partial charge in [-0.25, -0.2) is 0 Å². The fourth-order valence-electron chi connectivity index (χ4n) is 1.96. The van der Waals surface area contributed by atoms with Crippen molar-refractivity contribution >= 4 is 11.6 Å². The zero-order chi connectivity index (χ0) is 15.5. The summed E-state index contributed by atoms with van der Waals surface area (Å²) in [6.45, 7) is 0. The maximum Gasteiger partial charge on any atom is 0.573 e. The normalized spacial score (nSPS) is 13.0. The van der Waals surface area contributed by atoms with Crippen LogP contribution in [0.3, 0.4) is 0 Å². The number of ether oxygens (including phenoxy) is 1. The van der Waals surface area contributed by atoms with Gasteiger partial charge in [0.05, 0.1) is 16.8 Å². The van der Waals surface area contributed by atoms with Crippen molar-refractivity contribution in [2.45, 2.75) is 12.4 Å². The molecule has 1 N–H and O–H groups in total. The van der Waals surface area contributed by atoms with Crippen LogP contribution in [0.25, 0.3) is 0 Å². The standard InChI is InChI=1S/C14H12ClF3N2O/c1-19-12(13-11(15)6-3-7-20-13)9-4-2-5-10(8-9)21-14(16,17)18/h2-8,12,19H,1H3. The van der Waals surface area contributed by atoms with E-state index in [4.69, 9.17) is 11.6 Å². The molecule has 0 spiro atoms. The van der Waals surface area contributed by atoms with Gasteiger partial charge in [-0.05, 0) is 36.9 Å². The van der Waals surface area contributed by atoms with Crippen LogP contribution in [0.4, 0.5) is 13.2 Å². The first-order valence-corrected chi connectivity index (χ1v) is 6.42. The van der Waals surface area contributed by atoms with E-state index in [0.717, 1.165) is 0 Å². The molecule has 0 amide bonds. The summed E-state index contributed by atoms with van der Waals surface area (Å²) in [4.78, 5) is 4.17. The first-order valence-electron chi connectivity index (χ1n) is 6.04. The van der Waals surface area contributed by atoms with Crippen LogP contribution >= 0.6 is 11.6 Å². The molecule has 0 aliphatic rings. The molecule has 7 heteroatoms. The van der Waals surface area contributed by atoms with Crippen molar-refractivity contribution in [3.05, 3.63) is 58.9 Å². The van der Waals surface area contributed by atoms with Crippen LogP contribution in [0.1, 0.15) is 17.3 Å². The van der Waals surface area contributed by atoms with E-state index >= 15 is 0 Å². The lowest BCUT2D eigenvalue weighted by molar-refractivity contribution is -0.274. The molecule has 112 valence electrons. The summed E-state index contributed by atoms with van der Waals surface area (Å²) in [5, 5.41) is 3.41. The molecule has 1 aromatic heterocycles. The summed E-state index contributed by atoms with van der Waals surface area (Å²) in [7, 11) is 1.67. The molecule has 1 aromatic carbocycles. The monoisotopic (exact) mass is 316 g/mol. The Morgan fingerprint density at radius 2 is 2.00 bits per heavy atom. The number of pyridine rings is 1. The van der Waals surface area contributed by atoms with E-state index in [2.05, 4.69) is 15.0 Å². The topological polar surface area (TPSA) is 34.1 Å². The number of aromatic nitrogens is 1. The zero-order valence-corrected chi connectivity index (χ0v) is 11.7. The van der Waals surface area contributed by atoms with Crippen molar-refractivity contribution in [3.8, 4) is 5.75 Å². The van der Waals surface area contributed by atoms with Gasteiger partial charge < -0.3 is 10.1 Å². The molecule has 0 saturated carbocycles. The third-order valence-electron chi connectivity index (χ3n) is 2.77. The van der Waals surface area contributed by atoms with Gasteiger partial charge in [0.1, 0.15) is 5.75 Å². The number of rotatable bonds is 4. The Morgan fingerprint density at radius 1 is 1.24 bits per heavy atom. The SMILES string of the molecule is CNC(c1cccc(OC(F)(F)F)c1)c1ncccc1Cl. The summed E-state index contributed by atoms with van der Waals surface area (Å²) >= 11 is 6.08. The van der Waals surface area contributed by atoms with Crippen LogP contribution in [0.5, 0.6) is 5.75 Å². The van der Waals surface area contributed by atoms with Gasteiger partial charge >= 0.3 is 6.36 Å². The number of nitrogens with one attached hydrogen (secondary N) is 1. The quantitative estimate of drug-likeness (QED) is 0.927. The second kappa shape index (κ2) is 6.32. The van der Waals surface area contributed by atoms with Gasteiger partial charge in [-0.15, -0.1) is 13.2 Å². The molecule has 0 aliphatic carbocycles. The molecule has 1 atom stereocenters. The number of halogens is 4. The molecular formula is C14H12ClF3N2O. The average Bonchev–Trinajstić information content (AvgIpc) is 2.40. The highest BCUT2D eigenvalue weighted by Crippen LogP contribution is 2.30. The maximum atomic E-state index is 12.3. The van der Waals surface area contributed by atoms with E-state index in [1.807, 2.05) is 0 Å². The largest absolute Gasteiger partial charge is 0.573 e. The summed E-state index contributed by atoms with van der Waals surface area (Å²) in [6, 6.07) is 8.62. The highest BCUT2D eigenvalue weighted by atomic mass is 35.5. The van der Waals surface area contributed by atoms with Crippen LogP contribution < -0.4 is 10.1 Å². The van der Waals surface area contributed by atoms with Gasteiger partial charge in [0.25, 0.3) is 0 Å². The first-order chi connectivity index (χ1) is 9.90. The molecular weight excluding hydrogens is 305 g/mol. The predicted molar refractivity (Wildman–Crippen MR) is 73.3 cm³/mol.